The zero-order valence-corrected chi connectivity index (χ0v) is 10.8. The van der Waals surface area contributed by atoms with E-state index in [4.69, 9.17) is 12.2 Å². The summed E-state index contributed by atoms with van der Waals surface area (Å²) >= 11 is 5.29. The van der Waals surface area contributed by atoms with Crippen LogP contribution in [0.5, 0.6) is 0 Å². The summed E-state index contributed by atoms with van der Waals surface area (Å²) in [5.41, 5.74) is 1.13. The maximum absolute atomic E-state index is 11.5. The highest BCUT2D eigenvalue weighted by Gasteiger charge is 2.33. The molecule has 0 aliphatic carbocycles. The second kappa shape index (κ2) is 4.94. The van der Waals surface area contributed by atoms with Gasteiger partial charge in [-0.2, -0.15) is 0 Å². The number of nitrogens with one attached hydrogen (secondary N) is 2. The van der Waals surface area contributed by atoms with Gasteiger partial charge < -0.3 is 5.32 Å². The van der Waals surface area contributed by atoms with Crippen LogP contribution in [-0.4, -0.2) is 16.8 Å². The van der Waals surface area contributed by atoms with Gasteiger partial charge in [0, 0.05) is 6.04 Å². The maximum Gasteiger partial charge on any atom is 0.141 e. The van der Waals surface area contributed by atoms with Gasteiger partial charge in [-0.25, -0.2) is 0 Å². The van der Waals surface area contributed by atoms with Crippen LogP contribution in [0.15, 0.2) is 30.3 Å². The molecule has 3 atom stereocenters. The average Bonchev–Trinajstić information content (AvgIpc) is 2.28. The first-order valence-corrected chi connectivity index (χ1v) is 6.12. The van der Waals surface area contributed by atoms with Crippen LogP contribution in [0, 0.1) is 5.92 Å². The third-order valence-electron chi connectivity index (χ3n) is 3.07. The van der Waals surface area contributed by atoms with Gasteiger partial charge in [-0.15, -0.1) is 0 Å². The van der Waals surface area contributed by atoms with E-state index < -0.39 is 0 Å². The van der Waals surface area contributed by atoms with E-state index in [1.54, 1.807) is 6.92 Å². The molecule has 1 aliphatic heterocycles. The summed E-state index contributed by atoms with van der Waals surface area (Å²) in [4.78, 5) is 12.1. The number of hydrogen-bond donors (Lipinski definition) is 2. The van der Waals surface area contributed by atoms with Crippen molar-refractivity contribution in [3.63, 3.8) is 0 Å². The van der Waals surface area contributed by atoms with E-state index in [9.17, 15) is 4.79 Å². The SMILES string of the molecule is CC(=O)C1C(=S)NC(c2ccccc2)NC1C. The summed E-state index contributed by atoms with van der Waals surface area (Å²) in [5.74, 6) is -0.112. The topological polar surface area (TPSA) is 41.1 Å². The Balaban J connectivity index is 2.17. The van der Waals surface area contributed by atoms with Crippen LogP contribution >= 0.6 is 12.2 Å². The van der Waals surface area contributed by atoms with Crippen molar-refractivity contribution >= 4 is 23.0 Å². The number of carbonyl (C=O) groups is 1. The minimum absolute atomic E-state index is 0.00528. The number of ketones is 1. The molecule has 4 heteroatoms. The quantitative estimate of drug-likeness (QED) is 0.783. The molecule has 0 radical (unpaired) electrons. The number of hydrogen-bond acceptors (Lipinski definition) is 3. The van der Waals surface area contributed by atoms with Crippen LogP contribution in [0.1, 0.15) is 25.6 Å². The van der Waals surface area contributed by atoms with Gasteiger partial charge in [0.25, 0.3) is 0 Å². The zero-order valence-electron chi connectivity index (χ0n) is 9.94. The molecule has 0 bridgehead atoms. The smallest absolute Gasteiger partial charge is 0.141 e. The van der Waals surface area contributed by atoms with Gasteiger partial charge in [0.1, 0.15) is 11.9 Å². The van der Waals surface area contributed by atoms with Crippen molar-refractivity contribution in [1.82, 2.24) is 10.6 Å². The van der Waals surface area contributed by atoms with Crippen molar-refractivity contribution in [2.45, 2.75) is 26.1 Å². The highest BCUT2D eigenvalue weighted by atomic mass is 32.1. The van der Waals surface area contributed by atoms with Crippen LogP contribution in [0.25, 0.3) is 0 Å². The predicted molar refractivity (Wildman–Crippen MR) is 71.7 cm³/mol. The van der Waals surface area contributed by atoms with Crippen molar-refractivity contribution in [3.8, 4) is 0 Å². The third kappa shape index (κ3) is 2.53. The van der Waals surface area contributed by atoms with Gasteiger partial charge in [-0.3, -0.25) is 10.1 Å². The Bertz CT molecular complexity index is 432. The highest BCUT2D eigenvalue weighted by molar-refractivity contribution is 7.80. The molecular formula is C13H16N2OS. The first-order chi connectivity index (χ1) is 8.09. The lowest BCUT2D eigenvalue weighted by Crippen LogP contribution is -2.56. The van der Waals surface area contributed by atoms with Crippen LogP contribution < -0.4 is 10.6 Å². The molecule has 90 valence electrons. The molecule has 0 saturated carbocycles. The number of thiocarbonyl (C=S) groups is 1. The second-order valence-electron chi connectivity index (χ2n) is 4.40. The molecule has 1 aliphatic rings. The molecule has 0 amide bonds. The van der Waals surface area contributed by atoms with Gasteiger partial charge in [0.05, 0.1) is 10.9 Å². The largest absolute Gasteiger partial charge is 0.360 e. The Hall–Kier alpha value is -1.26. The van der Waals surface area contributed by atoms with Crippen LogP contribution in [0.2, 0.25) is 0 Å². The fraction of sp³-hybridized carbons (Fsp3) is 0.385. The molecule has 1 aromatic carbocycles. The normalized spacial score (nSPS) is 28.6. The Kier molecular flexibility index (Phi) is 3.54. The fourth-order valence-electron chi connectivity index (χ4n) is 2.22. The molecule has 1 aromatic rings. The summed E-state index contributed by atoms with van der Waals surface area (Å²) in [5, 5.41) is 6.57. The Labute approximate surface area is 107 Å². The molecule has 2 rings (SSSR count). The molecule has 1 fully saturated rings. The third-order valence-corrected chi connectivity index (χ3v) is 3.44. The number of Topliss-reactive ketones (excluding diaryl/α,β-unsaturated/α-hetero) is 1. The first kappa shape index (κ1) is 12.2. The molecule has 1 saturated heterocycles. The van der Waals surface area contributed by atoms with E-state index in [2.05, 4.69) is 10.6 Å². The molecule has 1 heterocycles. The minimum Gasteiger partial charge on any atom is -0.360 e. The van der Waals surface area contributed by atoms with Gasteiger partial charge >= 0.3 is 0 Å². The van der Waals surface area contributed by atoms with Gasteiger partial charge in [0.15, 0.2) is 0 Å². The lowest BCUT2D eigenvalue weighted by Gasteiger charge is -2.36. The summed E-state index contributed by atoms with van der Waals surface area (Å²) in [6.45, 7) is 3.58. The fourth-order valence-corrected chi connectivity index (χ4v) is 2.71. The van der Waals surface area contributed by atoms with E-state index in [-0.39, 0.29) is 23.9 Å². The number of rotatable bonds is 2. The van der Waals surface area contributed by atoms with Crippen molar-refractivity contribution in [2.75, 3.05) is 0 Å². The molecule has 2 N–H and O–H groups in total. The lowest BCUT2D eigenvalue weighted by molar-refractivity contribution is -0.119. The Morgan fingerprint density at radius 1 is 1.29 bits per heavy atom. The van der Waals surface area contributed by atoms with E-state index in [0.717, 1.165) is 5.56 Å². The highest BCUT2D eigenvalue weighted by Crippen LogP contribution is 2.20. The molecule has 3 nitrogen and oxygen atoms in total. The minimum atomic E-state index is -0.218. The zero-order chi connectivity index (χ0) is 12.4. The van der Waals surface area contributed by atoms with Gasteiger partial charge in [0.2, 0.25) is 0 Å². The first-order valence-electron chi connectivity index (χ1n) is 5.71. The van der Waals surface area contributed by atoms with Gasteiger partial charge in [-0.05, 0) is 19.4 Å². The second-order valence-corrected chi connectivity index (χ2v) is 4.84. The van der Waals surface area contributed by atoms with Crippen LogP contribution in [0.4, 0.5) is 0 Å². The van der Waals surface area contributed by atoms with Crippen LogP contribution in [0.3, 0.4) is 0 Å². The van der Waals surface area contributed by atoms with Gasteiger partial charge in [-0.1, -0.05) is 42.5 Å². The lowest BCUT2D eigenvalue weighted by atomic mass is 9.93. The Morgan fingerprint density at radius 3 is 2.47 bits per heavy atom. The van der Waals surface area contributed by atoms with Crippen molar-refractivity contribution in [2.24, 2.45) is 5.92 Å². The van der Waals surface area contributed by atoms with E-state index in [0.29, 0.717) is 4.99 Å². The molecule has 3 unspecified atom stereocenters. The van der Waals surface area contributed by atoms with Crippen molar-refractivity contribution < 1.29 is 4.79 Å². The van der Waals surface area contributed by atoms with Crippen molar-refractivity contribution in [3.05, 3.63) is 35.9 Å². The van der Waals surface area contributed by atoms with Crippen molar-refractivity contribution in [1.29, 1.82) is 0 Å². The van der Waals surface area contributed by atoms with E-state index in [1.807, 2.05) is 37.3 Å². The monoisotopic (exact) mass is 248 g/mol. The summed E-state index contributed by atoms with van der Waals surface area (Å²) < 4.78 is 0. The Morgan fingerprint density at radius 2 is 1.94 bits per heavy atom. The van der Waals surface area contributed by atoms with Crippen LogP contribution in [-0.2, 0) is 4.79 Å². The van der Waals surface area contributed by atoms with E-state index in [1.165, 1.54) is 0 Å². The average molecular weight is 248 g/mol. The molecule has 0 aromatic heterocycles. The standard InChI is InChI=1S/C13H16N2OS/c1-8-11(9(2)16)13(17)15-12(14-8)10-6-4-3-5-7-10/h3-8,11-12,14H,1-2H3,(H,15,17). The summed E-state index contributed by atoms with van der Waals surface area (Å²) in [6, 6.07) is 10.1. The number of benzene rings is 1. The van der Waals surface area contributed by atoms with E-state index >= 15 is 0 Å². The molecule has 0 spiro atoms. The number of carbonyl (C=O) groups excluding carboxylic acids is 1. The molecule has 17 heavy (non-hydrogen) atoms. The maximum atomic E-state index is 11.5. The predicted octanol–water partition coefficient (Wildman–Crippen LogP) is 1.80. The summed E-state index contributed by atoms with van der Waals surface area (Å²) in [7, 11) is 0. The summed E-state index contributed by atoms with van der Waals surface area (Å²) in [6.07, 6.45) is -0.00528. The molecular weight excluding hydrogens is 232 g/mol.